The molecule has 2 rings (SSSR count). The van der Waals surface area contributed by atoms with Crippen LogP contribution in [0.4, 0.5) is 0 Å². The van der Waals surface area contributed by atoms with Gasteiger partial charge in [0, 0.05) is 12.1 Å². The third-order valence-corrected chi connectivity index (χ3v) is 4.13. The Morgan fingerprint density at radius 2 is 1.35 bits per heavy atom. The van der Waals surface area contributed by atoms with Gasteiger partial charge in [-0.05, 0) is 25.7 Å². The van der Waals surface area contributed by atoms with Crippen LogP contribution in [-0.4, -0.2) is 24.5 Å². The van der Waals surface area contributed by atoms with Gasteiger partial charge in [-0.25, -0.2) is 0 Å². The highest BCUT2D eigenvalue weighted by molar-refractivity contribution is 5.78. The largest absolute Gasteiger partial charge is 0.352 e. The quantitative estimate of drug-likeness (QED) is 0.738. The second kappa shape index (κ2) is 7.00. The third-order valence-electron chi connectivity index (χ3n) is 4.13. The van der Waals surface area contributed by atoms with Crippen molar-refractivity contribution in [3.63, 3.8) is 0 Å². The van der Waals surface area contributed by atoms with E-state index in [1.165, 1.54) is 64.2 Å². The lowest BCUT2D eigenvalue weighted by Gasteiger charge is -2.17. The van der Waals surface area contributed by atoms with Gasteiger partial charge in [-0.15, -0.1) is 0 Å². The Bertz CT molecular complexity index is 228. The van der Waals surface area contributed by atoms with Crippen molar-refractivity contribution in [1.82, 2.24) is 10.6 Å². The van der Waals surface area contributed by atoms with Crippen molar-refractivity contribution >= 4 is 5.91 Å². The first-order chi connectivity index (χ1) is 8.34. The maximum absolute atomic E-state index is 11.8. The van der Waals surface area contributed by atoms with Crippen LogP contribution in [0.5, 0.6) is 0 Å². The molecule has 2 aliphatic rings. The molecule has 0 spiro atoms. The molecule has 2 aliphatic carbocycles. The van der Waals surface area contributed by atoms with E-state index in [2.05, 4.69) is 10.6 Å². The summed E-state index contributed by atoms with van der Waals surface area (Å²) >= 11 is 0. The van der Waals surface area contributed by atoms with E-state index in [4.69, 9.17) is 0 Å². The lowest BCUT2D eigenvalue weighted by molar-refractivity contribution is -0.121. The summed E-state index contributed by atoms with van der Waals surface area (Å²) in [5.74, 6) is 0.196. The van der Waals surface area contributed by atoms with Gasteiger partial charge in [-0.1, -0.05) is 38.5 Å². The van der Waals surface area contributed by atoms with E-state index < -0.39 is 0 Å². The SMILES string of the molecule is O=C(CNC1CCCCCC1)NC1CCCC1. The summed E-state index contributed by atoms with van der Waals surface area (Å²) in [7, 11) is 0. The van der Waals surface area contributed by atoms with Gasteiger partial charge < -0.3 is 10.6 Å². The fourth-order valence-electron chi connectivity index (χ4n) is 3.07. The van der Waals surface area contributed by atoms with Crippen LogP contribution in [0.15, 0.2) is 0 Å². The van der Waals surface area contributed by atoms with E-state index >= 15 is 0 Å². The Kier molecular flexibility index (Phi) is 5.30. The van der Waals surface area contributed by atoms with E-state index in [1.807, 2.05) is 0 Å². The Labute approximate surface area is 105 Å². The van der Waals surface area contributed by atoms with E-state index in [0.717, 1.165) is 0 Å². The van der Waals surface area contributed by atoms with Crippen LogP contribution in [0.25, 0.3) is 0 Å². The van der Waals surface area contributed by atoms with Crippen molar-refractivity contribution < 1.29 is 4.79 Å². The van der Waals surface area contributed by atoms with Crippen molar-refractivity contribution in [2.45, 2.75) is 76.3 Å². The van der Waals surface area contributed by atoms with Crippen LogP contribution in [-0.2, 0) is 4.79 Å². The standard InChI is InChI=1S/C14H26N2O/c17-14(16-13-9-5-6-10-13)11-15-12-7-3-1-2-4-8-12/h12-13,15H,1-11H2,(H,16,17). The monoisotopic (exact) mass is 238 g/mol. The smallest absolute Gasteiger partial charge is 0.234 e. The summed E-state index contributed by atoms with van der Waals surface area (Å²) in [5.41, 5.74) is 0. The minimum atomic E-state index is 0.196. The summed E-state index contributed by atoms with van der Waals surface area (Å²) < 4.78 is 0. The molecular weight excluding hydrogens is 212 g/mol. The van der Waals surface area contributed by atoms with Gasteiger partial charge in [0.2, 0.25) is 5.91 Å². The molecule has 3 heteroatoms. The maximum atomic E-state index is 11.8. The fourth-order valence-corrected chi connectivity index (χ4v) is 3.07. The van der Waals surface area contributed by atoms with Crippen LogP contribution >= 0.6 is 0 Å². The molecule has 0 aromatic carbocycles. The zero-order valence-corrected chi connectivity index (χ0v) is 10.8. The van der Waals surface area contributed by atoms with Crippen molar-refractivity contribution in [3.8, 4) is 0 Å². The first kappa shape index (κ1) is 12.9. The summed E-state index contributed by atoms with van der Waals surface area (Å²) in [5, 5.41) is 6.56. The van der Waals surface area contributed by atoms with E-state index in [0.29, 0.717) is 18.6 Å². The molecule has 2 saturated carbocycles. The van der Waals surface area contributed by atoms with Gasteiger partial charge in [0.25, 0.3) is 0 Å². The summed E-state index contributed by atoms with van der Waals surface area (Å²) in [6.07, 6.45) is 12.8. The summed E-state index contributed by atoms with van der Waals surface area (Å²) in [6, 6.07) is 1.03. The van der Waals surface area contributed by atoms with Gasteiger partial charge in [-0.2, -0.15) is 0 Å². The van der Waals surface area contributed by atoms with Crippen LogP contribution in [0, 0.1) is 0 Å². The number of nitrogens with one attached hydrogen (secondary N) is 2. The number of carbonyl (C=O) groups excluding carboxylic acids is 1. The molecule has 98 valence electrons. The van der Waals surface area contributed by atoms with Crippen LogP contribution < -0.4 is 10.6 Å². The average Bonchev–Trinajstić information content (AvgIpc) is 2.68. The van der Waals surface area contributed by atoms with Crippen LogP contribution in [0.2, 0.25) is 0 Å². The molecule has 0 aromatic rings. The van der Waals surface area contributed by atoms with Crippen molar-refractivity contribution in [2.24, 2.45) is 0 Å². The van der Waals surface area contributed by atoms with E-state index in [9.17, 15) is 4.79 Å². The zero-order valence-electron chi connectivity index (χ0n) is 10.8. The number of carbonyl (C=O) groups is 1. The lowest BCUT2D eigenvalue weighted by atomic mass is 10.1. The second-order valence-electron chi connectivity index (χ2n) is 5.62. The molecule has 2 fully saturated rings. The van der Waals surface area contributed by atoms with Gasteiger partial charge >= 0.3 is 0 Å². The first-order valence-corrected chi connectivity index (χ1v) is 7.37. The van der Waals surface area contributed by atoms with Gasteiger partial charge in [0.05, 0.1) is 6.54 Å². The number of rotatable bonds is 4. The minimum absolute atomic E-state index is 0.196. The molecule has 17 heavy (non-hydrogen) atoms. The number of amides is 1. The van der Waals surface area contributed by atoms with Crippen LogP contribution in [0.3, 0.4) is 0 Å². The normalized spacial score (nSPS) is 23.5. The van der Waals surface area contributed by atoms with Crippen molar-refractivity contribution in [1.29, 1.82) is 0 Å². The van der Waals surface area contributed by atoms with Gasteiger partial charge in [0.15, 0.2) is 0 Å². The molecule has 0 atom stereocenters. The third kappa shape index (κ3) is 4.66. The predicted octanol–water partition coefficient (Wildman–Crippen LogP) is 2.36. The second-order valence-corrected chi connectivity index (χ2v) is 5.62. The van der Waals surface area contributed by atoms with E-state index in [-0.39, 0.29) is 5.91 Å². The Morgan fingerprint density at radius 1 is 0.824 bits per heavy atom. The van der Waals surface area contributed by atoms with E-state index in [1.54, 1.807) is 0 Å². The van der Waals surface area contributed by atoms with Gasteiger partial charge in [0.1, 0.15) is 0 Å². The number of hydrogen-bond donors (Lipinski definition) is 2. The molecule has 1 amide bonds. The highest BCUT2D eigenvalue weighted by Crippen LogP contribution is 2.18. The van der Waals surface area contributed by atoms with Crippen molar-refractivity contribution in [2.75, 3.05) is 6.54 Å². The summed E-state index contributed by atoms with van der Waals surface area (Å²) in [6.45, 7) is 0.515. The fraction of sp³-hybridized carbons (Fsp3) is 0.929. The molecule has 3 nitrogen and oxygen atoms in total. The lowest BCUT2D eigenvalue weighted by Crippen LogP contribution is -2.42. The first-order valence-electron chi connectivity index (χ1n) is 7.37. The molecule has 0 radical (unpaired) electrons. The molecule has 0 bridgehead atoms. The maximum Gasteiger partial charge on any atom is 0.234 e. The molecule has 0 unspecified atom stereocenters. The van der Waals surface area contributed by atoms with Gasteiger partial charge in [-0.3, -0.25) is 4.79 Å². The number of hydrogen-bond acceptors (Lipinski definition) is 2. The molecule has 0 saturated heterocycles. The Hall–Kier alpha value is -0.570. The Morgan fingerprint density at radius 3 is 2.00 bits per heavy atom. The predicted molar refractivity (Wildman–Crippen MR) is 69.9 cm³/mol. The minimum Gasteiger partial charge on any atom is -0.352 e. The molecule has 0 heterocycles. The molecular formula is C14H26N2O. The van der Waals surface area contributed by atoms with Crippen molar-refractivity contribution in [3.05, 3.63) is 0 Å². The molecule has 2 N–H and O–H groups in total. The average molecular weight is 238 g/mol. The highest BCUT2D eigenvalue weighted by atomic mass is 16.1. The Balaban J connectivity index is 1.61. The molecule has 0 aromatic heterocycles. The molecule has 0 aliphatic heterocycles. The highest BCUT2D eigenvalue weighted by Gasteiger charge is 2.18. The topological polar surface area (TPSA) is 41.1 Å². The van der Waals surface area contributed by atoms with Crippen LogP contribution in [0.1, 0.15) is 64.2 Å². The summed E-state index contributed by atoms with van der Waals surface area (Å²) in [4.78, 5) is 11.8. The zero-order chi connectivity index (χ0) is 11.9.